The smallest absolute Gasteiger partial charge is 0.0711 e. The summed E-state index contributed by atoms with van der Waals surface area (Å²) in [4.78, 5) is 1.34. The summed E-state index contributed by atoms with van der Waals surface area (Å²) in [6.07, 6.45) is 5.34. The molecule has 0 N–H and O–H groups in total. The molecular weight excluding hydrogens is 224 g/mol. The van der Waals surface area contributed by atoms with Gasteiger partial charge in [0, 0.05) is 4.88 Å². The van der Waals surface area contributed by atoms with E-state index in [1.165, 1.54) is 30.6 Å². The van der Waals surface area contributed by atoms with Crippen molar-refractivity contribution in [1.82, 2.24) is 0 Å². The highest BCUT2D eigenvalue weighted by Gasteiger charge is 2.37. The van der Waals surface area contributed by atoms with Crippen molar-refractivity contribution in [1.29, 1.82) is 0 Å². The minimum atomic E-state index is 0.222. The van der Waals surface area contributed by atoms with E-state index in [0.717, 1.165) is 0 Å². The molecule has 0 aromatic carbocycles. The van der Waals surface area contributed by atoms with Crippen LogP contribution in [0.5, 0.6) is 0 Å². The lowest BCUT2D eigenvalue weighted by Crippen LogP contribution is -2.30. The SMILES string of the molecule is CC1(C)CCCCC1C(Cl)c1cccs1. The molecule has 0 radical (unpaired) electrons. The molecule has 84 valence electrons. The molecule has 2 atom stereocenters. The van der Waals surface area contributed by atoms with Crippen molar-refractivity contribution in [2.24, 2.45) is 11.3 Å². The molecule has 1 saturated carbocycles. The van der Waals surface area contributed by atoms with Gasteiger partial charge in [-0.2, -0.15) is 0 Å². The van der Waals surface area contributed by atoms with Gasteiger partial charge in [-0.05, 0) is 35.6 Å². The zero-order chi connectivity index (χ0) is 10.9. The van der Waals surface area contributed by atoms with Gasteiger partial charge in [0.1, 0.15) is 0 Å². The van der Waals surface area contributed by atoms with Crippen LogP contribution in [-0.4, -0.2) is 0 Å². The summed E-state index contributed by atoms with van der Waals surface area (Å²) in [5, 5.41) is 2.35. The van der Waals surface area contributed by atoms with Crippen molar-refractivity contribution < 1.29 is 0 Å². The molecule has 2 unspecified atom stereocenters. The Balaban J connectivity index is 2.15. The van der Waals surface area contributed by atoms with Crippen LogP contribution in [0, 0.1) is 11.3 Å². The zero-order valence-corrected chi connectivity index (χ0v) is 11.1. The zero-order valence-electron chi connectivity index (χ0n) is 9.50. The first kappa shape index (κ1) is 11.5. The maximum atomic E-state index is 6.62. The highest BCUT2D eigenvalue weighted by atomic mass is 35.5. The largest absolute Gasteiger partial charge is 0.147 e. The molecule has 1 aromatic rings. The Bertz CT molecular complexity index is 302. The van der Waals surface area contributed by atoms with E-state index in [1.54, 1.807) is 11.3 Å². The monoisotopic (exact) mass is 242 g/mol. The van der Waals surface area contributed by atoms with E-state index in [0.29, 0.717) is 11.3 Å². The fourth-order valence-electron chi connectivity index (χ4n) is 2.71. The Kier molecular flexibility index (Phi) is 3.42. The van der Waals surface area contributed by atoms with Crippen LogP contribution >= 0.6 is 22.9 Å². The van der Waals surface area contributed by atoms with E-state index in [9.17, 15) is 0 Å². The van der Waals surface area contributed by atoms with Gasteiger partial charge < -0.3 is 0 Å². The highest BCUT2D eigenvalue weighted by Crippen LogP contribution is 2.49. The highest BCUT2D eigenvalue weighted by molar-refractivity contribution is 7.10. The Morgan fingerprint density at radius 1 is 1.47 bits per heavy atom. The van der Waals surface area contributed by atoms with Crippen molar-refractivity contribution in [2.45, 2.75) is 44.9 Å². The van der Waals surface area contributed by atoms with Crippen molar-refractivity contribution in [2.75, 3.05) is 0 Å². The van der Waals surface area contributed by atoms with E-state index >= 15 is 0 Å². The van der Waals surface area contributed by atoms with Crippen LogP contribution < -0.4 is 0 Å². The average molecular weight is 243 g/mol. The predicted molar refractivity (Wildman–Crippen MR) is 68.7 cm³/mol. The van der Waals surface area contributed by atoms with Crippen LogP contribution in [0.15, 0.2) is 17.5 Å². The summed E-state index contributed by atoms with van der Waals surface area (Å²) in [6, 6.07) is 4.28. The first-order valence-electron chi connectivity index (χ1n) is 5.79. The standard InChI is InChI=1S/C13H19ClS/c1-13(2)8-4-3-6-10(13)12(14)11-7-5-9-15-11/h5,7,9-10,12H,3-4,6,8H2,1-2H3. The quantitative estimate of drug-likeness (QED) is 0.622. The van der Waals surface area contributed by atoms with E-state index in [2.05, 4.69) is 31.4 Å². The molecule has 0 saturated heterocycles. The molecule has 1 aliphatic carbocycles. The molecule has 0 spiro atoms. The van der Waals surface area contributed by atoms with Crippen molar-refractivity contribution in [3.05, 3.63) is 22.4 Å². The normalized spacial score (nSPS) is 27.5. The lowest BCUT2D eigenvalue weighted by atomic mass is 9.67. The van der Waals surface area contributed by atoms with Gasteiger partial charge in [0.25, 0.3) is 0 Å². The Labute approximate surface area is 102 Å². The van der Waals surface area contributed by atoms with E-state index in [1.807, 2.05) is 0 Å². The van der Waals surface area contributed by atoms with Crippen molar-refractivity contribution in [3.63, 3.8) is 0 Å². The number of hydrogen-bond donors (Lipinski definition) is 0. The van der Waals surface area contributed by atoms with Gasteiger partial charge >= 0.3 is 0 Å². The molecule has 2 rings (SSSR count). The average Bonchev–Trinajstić information content (AvgIpc) is 2.69. The minimum absolute atomic E-state index is 0.222. The maximum absolute atomic E-state index is 6.62. The number of halogens is 1. The lowest BCUT2D eigenvalue weighted by Gasteiger charge is -2.41. The third-order valence-electron chi connectivity index (χ3n) is 3.76. The first-order valence-corrected chi connectivity index (χ1v) is 7.10. The second kappa shape index (κ2) is 4.47. The summed E-state index contributed by atoms with van der Waals surface area (Å²) in [7, 11) is 0. The van der Waals surface area contributed by atoms with Crippen LogP contribution in [-0.2, 0) is 0 Å². The van der Waals surface area contributed by atoms with Crippen molar-refractivity contribution >= 4 is 22.9 Å². The van der Waals surface area contributed by atoms with E-state index in [4.69, 9.17) is 11.6 Å². The maximum Gasteiger partial charge on any atom is 0.0711 e. The molecule has 0 aliphatic heterocycles. The molecule has 1 heterocycles. The van der Waals surface area contributed by atoms with Crippen molar-refractivity contribution in [3.8, 4) is 0 Å². The summed E-state index contributed by atoms with van der Waals surface area (Å²) < 4.78 is 0. The second-order valence-electron chi connectivity index (χ2n) is 5.26. The molecule has 1 aliphatic rings. The molecule has 2 heteroatoms. The van der Waals surface area contributed by atoms with E-state index in [-0.39, 0.29) is 5.38 Å². The van der Waals surface area contributed by atoms with Gasteiger partial charge in [-0.25, -0.2) is 0 Å². The summed E-state index contributed by atoms with van der Waals surface area (Å²) in [6.45, 7) is 4.75. The number of hydrogen-bond acceptors (Lipinski definition) is 1. The molecular formula is C13H19ClS. The van der Waals surface area contributed by atoms with E-state index < -0.39 is 0 Å². The van der Waals surface area contributed by atoms with Crippen LogP contribution in [0.2, 0.25) is 0 Å². The van der Waals surface area contributed by atoms with Gasteiger partial charge in [0.2, 0.25) is 0 Å². The Hall–Kier alpha value is -0.0100. The number of rotatable bonds is 2. The predicted octanol–water partition coefficient (Wildman–Crippen LogP) is 5.24. The molecule has 0 bridgehead atoms. The van der Waals surface area contributed by atoms with Gasteiger partial charge in [0.15, 0.2) is 0 Å². The summed E-state index contributed by atoms with van der Waals surface area (Å²) in [5.41, 5.74) is 0.411. The Morgan fingerprint density at radius 3 is 2.87 bits per heavy atom. The number of alkyl halides is 1. The summed E-state index contributed by atoms with van der Waals surface area (Å²) >= 11 is 8.41. The Morgan fingerprint density at radius 2 is 2.27 bits per heavy atom. The van der Waals surface area contributed by atoms with Gasteiger partial charge in [-0.1, -0.05) is 32.8 Å². The lowest BCUT2D eigenvalue weighted by molar-refractivity contribution is 0.134. The number of thiophene rings is 1. The second-order valence-corrected chi connectivity index (χ2v) is 6.71. The molecule has 1 fully saturated rings. The molecule has 15 heavy (non-hydrogen) atoms. The summed E-state index contributed by atoms with van der Waals surface area (Å²) in [5.74, 6) is 0.645. The first-order chi connectivity index (χ1) is 7.11. The van der Waals surface area contributed by atoms with Crippen LogP contribution in [0.4, 0.5) is 0 Å². The third-order valence-corrected chi connectivity index (χ3v) is 5.38. The third kappa shape index (κ3) is 2.39. The minimum Gasteiger partial charge on any atom is -0.147 e. The van der Waals surface area contributed by atoms with Crippen LogP contribution in [0.25, 0.3) is 0 Å². The topological polar surface area (TPSA) is 0 Å². The van der Waals surface area contributed by atoms with Crippen LogP contribution in [0.3, 0.4) is 0 Å². The van der Waals surface area contributed by atoms with Gasteiger partial charge in [0.05, 0.1) is 5.38 Å². The van der Waals surface area contributed by atoms with Gasteiger partial charge in [-0.3, -0.25) is 0 Å². The molecule has 0 amide bonds. The van der Waals surface area contributed by atoms with Gasteiger partial charge in [-0.15, -0.1) is 22.9 Å². The molecule has 0 nitrogen and oxygen atoms in total. The molecule has 1 aromatic heterocycles. The fourth-order valence-corrected chi connectivity index (χ4v) is 4.17. The van der Waals surface area contributed by atoms with Crippen LogP contribution in [0.1, 0.15) is 49.8 Å². The fraction of sp³-hybridized carbons (Fsp3) is 0.692.